The van der Waals surface area contributed by atoms with Gasteiger partial charge in [0.2, 0.25) is 6.79 Å². The minimum atomic E-state index is -0.155. The van der Waals surface area contributed by atoms with Crippen LogP contribution in [0.15, 0.2) is 30.6 Å². The Morgan fingerprint density at radius 3 is 2.77 bits per heavy atom. The number of ether oxygens (including phenoxy) is 2. The average Bonchev–Trinajstić information content (AvgIpc) is 3.12. The zero-order chi connectivity index (χ0) is 15.7. The topological polar surface area (TPSA) is 65.4 Å². The van der Waals surface area contributed by atoms with E-state index in [1.54, 1.807) is 24.4 Å². The lowest BCUT2D eigenvalue weighted by Gasteiger charge is -2.22. The number of hydrogen-bond donors (Lipinski definition) is 1. The molecule has 0 aliphatic carbocycles. The second kappa shape index (κ2) is 5.71. The number of aromatic nitrogens is 2. The van der Waals surface area contributed by atoms with E-state index >= 15 is 0 Å². The Morgan fingerprint density at radius 1 is 1.32 bits per heavy atom. The molecule has 1 N–H and O–H groups in total. The molecule has 1 aromatic carbocycles. The standard InChI is InChI=1S/C16H19N3O3/c1-10(2)14(15-17-6-7-19(15)3)18-16(20)11-4-5-12-13(8-11)22-9-21-12/h4-8,10,14H,9H2,1-3H3,(H,18,20)/t14-/m1/s1. The highest BCUT2D eigenvalue weighted by molar-refractivity contribution is 5.95. The van der Waals surface area contributed by atoms with Crippen LogP contribution in [0.25, 0.3) is 0 Å². The predicted octanol–water partition coefficient (Wildman–Crippen LogP) is 2.28. The molecule has 22 heavy (non-hydrogen) atoms. The Hall–Kier alpha value is -2.50. The van der Waals surface area contributed by atoms with E-state index in [0.29, 0.717) is 17.1 Å². The van der Waals surface area contributed by atoms with Gasteiger partial charge in [-0.15, -0.1) is 0 Å². The highest BCUT2D eigenvalue weighted by Gasteiger charge is 2.23. The number of carbonyl (C=O) groups is 1. The van der Waals surface area contributed by atoms with Gasteiger partial charge in [-0.1, -0.05) is 13.8 Å². The fourth-order valence-corrected chi connectivity index (χ4v) is 2.47. The van der Waals surface area contributed by atoms with Crippen LogP contribution in [0, 0.1) is 5.92 Å². The van der Waals surface area contributed by atoms with Gasteiger partial charge in [0.25, 0.3) is 5.91 Å². The lowest BCUT2D eigenvalue weighted by Crippen LogP contribution is -2.33. The van der Waals surface area contributed by atoms with E-state index in [0.717, 1.165) is 5.82 Å². The maximum Gasteiger partial charge on any atom is 0.252 e. The molecule has 3 rings (SSSR count). The van der Waals surface area contributed by atoms with Gasteiger partial charge in [-0.25, -0.2) is 4.98 Å². The zero-order valence-electron chi connectivity index (χ0n) is 12.9. The number of imidazole rings is 1. The fraction of sp³-hybridized carbons (Fsp3) is 0.375. The quantitative estimate of drug-likeness (QED) is 0.941. The summed E-state index contributed by atoms with van der Waals surface area (Å²) < 4.78 is 12.5. The van der Waals surface area contributed by atoms with Crippen LogP contribution in [-0.2, 0) is 7.05 Å². The molecule has 1 aromatic heterocycles. The summed E-state index contributed by atoms with van der Waals surface area (Å²) in [6.45, 7) is 4.31. The van der Waals surface area contributed by atoms with Crippen molar-refractivity contribution in [1.29, 1.82) is 0 Å². The van der Waals surface area contributed by atoms with Crippen molar-refractivity contribution in [3.05, 3.63) is 42.0 Å². The first-order valence-electron chi connectivity index (χ1n) is 7.24. The van der Waals surface area contributed by atoms with Crippen molar-refractivity contribution in [2.75, 3.05) is 6.79 Å². The third kappa shape index (κ3) is 2.64. The molecule has 1 amide bonds. The molecular weight excluding hydrogens is 282 g/mol. The summed E-state index contributed by atoms with van der Waals surface area (Å²) in [5, 5.41) is 3.05. The normalized spacial score (nSPS) is 14.2. The number of rotatable bonds is 4. The smallest absolute Gasteiger partial charge is 0.252 e. The van der Waals surface area contributed by atoms with Crippen molar-refractivity contribution in [2.45, 2.75) is 19.9 Å². The molecule has 1 atom stereocenters. The number of nitrogens with one attached hydrogen (secondary N) is 1. The summed E-state index contributed by atoms with van der Waals surface area (Å²) in [7, 11) is 1.92. The van der Waals surface area contributed by atoms with Crippen molar-refractivity contribution in [3.63, 3.8) is 0 Å². The number of benzene rings is 1. The van der Waals surface area contributed by atoms with Crippen LogP contribution in [0.1, 0.15) is 36.1 Å². The first-order valence-corrected chi connectivity index (χ1v) is 7.24. The molecule has 6 heteroatoms. The van der Waals surface area contributed by atoms with Gasteiger partial charge >= 0.3 is 0 Å². The molecule has 1 aliphatic heterocycles. The number of nitrogens with zero attached hydrogens (tertiary/aromatic N) is 2. The van der Waals surface area contributed by atoms with E-state index in [-0.39, 0.29) is 24.7 Å². The van der Waals surface area contributed by atoms with E-state index in [1.807, 2.05) is 17.8 Å². The van der Waals surface area contributed by atoms with E-state index in [9.17, 15) is 4.79 Å². The highest BCUT2D eigenvalue weighted by atomic mass is 16.7. The SMILES string of the molecule is CC(C)[C@@H](NC(=O)c1ccc2c(c1)OCO2)c1nccn1C. The number of fused-ring (bicyclic) bond motifs is 1. The lowest BCUT2D eigenvalue weighted by atomic mass is 10.0. The van der Waals surface area contributed by atoms with Gasteiger partial charge in [-0.3, -0.25) is 4.79 Å². The molecule has 6 nitrogen and oxygen atoms in total. The van der Waals surface area contributed by atoms with Gasteiger partial charge in [0.15, 0.2) is 11.5 Å². The second-order valence-corrected chi connectivity index (χ2v) is 5.66. The number of hydrogen-bond acceptors (Lipinski definition) is 4. The van der Waals surface area contributed by atoms with E-state index < -0.39 is 0 Å². The van der Waals surface area contributed by atoms with Gasteiger partial charge in [0.05, 0.1) is 6.04 Å². The summed E-state index contributed by atoms with van der Waals surface area (Å²) in [5.41, 5.74) is 0.545. The maximum absolute atomic E-state index is 12.5. The fourth-order valence-electron chi connectivity index (χ4n) is 2.47. The van der Waals surface area contributed by atoms with Crippen LogP contribution in [0.4, 0.5) is 0 Å². The van der Waals surface area contributed by atoms with E-state index in [1.165, 1.54) is 0 Å². The third-order valence-electron chi connectivity index (χ3n) is 3.72. The Balaban J connectivity index is 1.81. The molecule has 0 fully saturated rings. The summed E-state index contributed by atoms with van der Waals surface area (Å²) >= 11 is 0. The molecular formula is C16H19N3O3. The van der Waals surface area contributed by atoms with Crippen LogP contribution < -0.4 is 14.8 Å². The third-order valence-corrected chi connectivity index (χ3v) is 3.72. The predicted molar refractivity (Wildman–Crippen MR) is 80.8 cm³/mol. The number of carbonyl (C=O) groups excluding carboxylic acids is 1. The van der Waals surface area contributed by atoms with Crippen molar-refractivity contribution in [2.24, 2.45) is 13.0 Å². The van der Waals surface area contributed by atoms with Crippen LogP contribution in [0.5, 0.6) is 11.5 Å². The first kappa shape index (κ1) is 14.4. The average molecular weight is 301 g/mol. The largest absolute Gasteiger partial charge is 0.454 e. The molecule has 0 saturated carbocycles. The van der Waals surface area contributed by atoms with Gasteiger partial charge < -0.3 is 19.4 Å². The van der Waals surface area contributed by atoms with Crippen LogP contribution in [-0.4, -0.2) is 22.3 Å². The first-order chi connectivity index (χ1) is 10.6. The van der Waals surface area contributed by atoms with Crippen molar-refractivity contribution < 1.29 is 14.3 Å². The molecule has 0 radical (unpaired) electrons. The summed E-state index contributed by atoms with van der Waals surface area (Å²) in [6.07, 6.45) is 3.61. The molecule has 1 aliphatic rings. The summed E-state index contributed by atoms with van der Waals surface area (Å²) in [5.74, 6) is 2.18. The van der Waals surface area contributed by atoms with Gasteiger partial charge in [-0.05, 0) is 24.1 Å². The molecule has 116 valence electrons. The van der Waals surface area contributed by atoms with Crippen LogP contribution in [0.3, 0.4) is 0 Å². The summed E-state index contributed by atoms with van der Waals surface area (Å²) in [6, 6.07) is 5.03. The molecule has 0 spiro atoms. The van der Waals surface area contributed by atoms with Gasteiger partial charge in [-0.2, -0.15) is 0 Å². The minimum Gasteiger partial charge on any atom is -0.454 e. The highest BCUT2D eigenvalue weighted by Crippen LogP contribution is 2.32. The Morgan fingerprint density at radius 2 is 2.09 bits per heavy atom. The molecule has 0 unspecified atom stereocenters. The van der Waals surface area contributed by atoms with Gasteiger partial charge in [0.1, 0.15) is 5.82 Å². The number of aryl methyl sites for hydroxylation is 1. The van der Waals surface area contributed by atoms with Crippen LogP contribution >= 0.6 is 0 Å². The van der Waals surface area contributed by atoms with Crippen molar-refractivity contribution in [1.82, 2.24) is 14.9 Å². The second-order valence-electron chi connectivity index (χ2n) is 5.66. The van der Waals surface area contributed by atoms with Gasteiger partial charge in [0, 0.05) is 25.0 Å². The zero-order valence-corrected chi connectivity index (χ0v) is 12.9. The summed E-state index contributed by atoms with van der Waals surface area (Å²) in [4.78, 5) is 16.9. The minimum absolute atomic E-state index is 0.153. The van der Waals surface area contributed by atoms with Crippen molar-refractivity contribution >= 4 is 5.91 Å². The van der Waals surface area contributed by atoms with E-state index in [2.05, 4.69) is 24.1 Å². The monoisotopic (exact) mass is 301 g/mol. The Labute approximate surface area is 129 Å². The Bertz CT molecular complexity index is 694. The number of amides is 1. The molecule has 2 heterocycles. The maximum atomic E-state index is 12.5. The van der Waals surface area contributed by atoms with Crippen LogP contribution in [0.2, 0.25) is 0 Å². The molecule has 2 aromatic rings. The van der Waals surface area contributed by atoms with E-state index in [4.69, 9.17) is 9.47 Å². The Kier molecular flexibility index (Phi) is 3.75. The lowest BCUT2D eigenvalue weighted by molar-refractivity contribution is 0.0922. The van der Waals surface area contributed by atoms with Crippen molar-refractivity contribution in [3.8, 4) is 11.5 Å². The molecule has 0 bridgehead atoms. The molecule has 0 saturated heterocycles.